The Balaban J connectivity index is 2.31. The first kappa shape index (κ1) is 13.5. The zero-order valence-corrected chi connectivity index (χ0v) is 10.7. The van der Waals surface area contributed by atoms with E-state index in [0.29, 0.717) is 0 Å². The van der Waals surface area contributed by atoms with Gasteiger partial charge in [0.25, 0.3) is 5.60 Å². The van der Waals surface area contributed by atoms with Gasteiger partial charge in [0.2, 0.25) is 0 Å². The summed E-state index contributed by atoms with van der Waals surface area (Å²) in [5, 5.41) is 12.4. The van der Waals surface area contributed by atoms with Crippen LogP contribution in [0.5, 0.6) is 0 Å². The molecule has 1 saturated carbocycles. The van der Waals surface area contributed by atoms with Crippen molar-refractivity contribution >= 4 is 23.4 Å². The molecule has 1 aromatic carbocycles. The Kier molecular flexibility index (Phi) is 2.56. The maximum Gasteiger partial charge on any atom is 0.435 e. The lowest BCUT2D eigenvalue weighted by Crippen LogP contribution is -2.59. The molecule has 20 heavy (non-hydrogen) atoms. The molecule has 1 aromatic rings. The molecule has 0 unspecified atom stereocenters. The number of anilines is 1. The quantitative estimate of drug-likeness (QED) is 0.837. The molecule has 108 valence electrons. The Morgan fingerprint density at radius 1 is 1.35 bits per heavy atom. The second kappa shape index (κ2) is 3.79. The number of benzene rings is 1. The number of rotatable bonds is 1. The van der Waals surface area contributed by atoms with E-state index in [1.165, 1.54) is 12.1 Å². The average Bonchev–Trinajstić information content (AvgIpc) is 3.06. The number of fused-ring (bicyclic) bond motifs is 1. The molecule has 1 fully saturated rings. The van der Waals surface area contributed by atoms with Crippen LogP contribution < -0.4 is 5.32 Å². The van der Waals surface area contributed by atoms with E-state index >= 15 is 0 Å². The van der Waals surface area contributed by atoms with Crippen LogP contribution in [0.25, 0.3) is 0 Å². The van der Waals surface area contributed by atoms with Gasteiger partial charge in [-0.2, -0.15) is 13.2 Å². The van der Waals surface area contributed by atoms with E-state index in [9.17, 15) is 23.1 Å². The topological polar surface area (TPSA) is 58.6 Å². The van der Waals surface area contributed by atoms with Crippen molar-refractivity contribution in [2.24, 2.45) is 0 Å². The molecule has 0 saturated heterocycles. The third-order valence-corrected chi connectivity index (χ3v) is 3.86. The highest BCUT2D eigenvalue weighted by molar-refractivity contribution is 6.30. The van der Waals surface area contributed by atoms with Gasteiger partial charge >= 0.3 is 12.3 Å². The fourth-order valence-electron chi connectivity index (χ4n) is 2.54. The molecule has 8 heteroatoms. The largest absolute Gasteiger partial charge is 0.435 e. The first-order valence-corrected chi connectivity index (χ1v) is 6.17. The fraction of sp³-hybridized carbons (Fsp3) is 0.417. The predicted octanol–water partition coefficient (Wildman–Crippen LogP) is 3.18. The van der Waals surface area contributed by atoms with Crippen LogP contribution in [0.15, 0.2) is 18.2 Å². The number of hydrogen-bond acceptors (Lipinski definition) is 3. The van der Waals surface area contributed by atoms with Crippen molar-refractivity contribution in [3.8, 4) is 0 Å². The minimum absolute atomic E-state index is 0.0568. The van der Waals surface area contributed by atoms with Crippen LogP contribution in [0, 0.1) is 0 Å². The van der Waals surface area contributed by atoms with E-state index in [4.69, 9.17) is 11.6 Å². The molecule has 2 aliphatic rings. The number of carbonyl (C=O) groups excluding carboxylic acids is 1. The van der Waals surface area contributed by atoms with Gasteiger partial charge in [-0.05, 0) is 31.0 Å². The summed E-state index contributed by atoms with van der Waals surface area (Å²) in [6.07, 6.45) is -6.43. The zero-order valence-electron chi connectivity index (χ0n) is 9.92. The van der Waals surface area contributed by atoms with E-state index in [1.54, 1.807) is 0 Å². The first-order chi connectivity index (χ1) is 9.20. The molecule has 0 radical (unpaired) electrons. The number of nitrogens with one attached hydrogen (secondary N) is 1. The van der Waals surface area contributed by atoms with Gasteiger partial charge in [-0.15, -0.1) is 0 Å². The van der Waals surface area contributed by atoms with Gasteiger partial charge in [-0.3, -0.25) is 5.32 Å². The summed E-state index contributed by atoms with van der Waals surface area (Å²) in [7, 11) is 0. The fourth-order valence-corrected chi connectivity index (χ4v) is 2.71. The number of ether oxygens (including phenoxy) is 1. The number of halogens is 4. The molecule has 0 aromatic heterocycles. The molecular formula is C12H9ClF3NO3. The Labute approximate surface area is 116 Å². The molecule has 1 heterocycles. The molecule has 0 spiro atoms. The molecule has 4 nitrogen and oxygen atoms in total. The van der Waals surface area contributed by atoms with Gasteiger partial charge in [0.15, 0.2) is 0 Å². The highest BCUT2D eigenvalue weighted by Gasteiger charge is 2.76. The lowest BCUT2D eigenvalue weighted by Gasteiger charge is -2.42. The Morgan fingerprint density at radius 2 is 2.00 bits per heavy atom. The Bertz CT molecular complexity index is 593. The van der Waals surface area contributed by atoms with Gasteiger partial charge < -0.3 is 9.84 Å². The molecule has 2 N–H and O–H groups in total. The summed E-state index contributed by atoms with van der Waals surface area (Å²) in [6, 6.07) is 3.66. The van der Waals surface area contributed by atoms with Crippen LogP contribution >= 0.6 is 11.6 Å². The van der Waals surface area contributed by atoms with Gasteiger partial charge in [0.05, 0.1) is 5.69 Å². The second-order valence-corrected chi connectivity index (χ2v) is 5.35. The van der Waals surface area contributed by atoms with Crippen molar-refractivity contribution < 1.29 is 27.8 Å². The van der Waals surface area contributed by atoms with Crippen LogP contribution in [0.3, 0.4) is 0 Å². The molecule has 0 bridgehead atoms. The van der Waals surface area contributed by atoms with E-state index in [-0.39, 0.29) is 29.1 Å². The highest BCUT2D eigenvalue weighted by Crippen LogP contribution is 2.62. The van der Waals surface area contributed by atoms with Crippen LogP contribution in [-0.4, -0.2) is 23.0 Å². The number of amides is 1. The van der Waals surface area contributed by atoms with E-state index in [0.717, 1.165) is 6.07 Å². The van der Waals surface area contributed by atoms with Crippen molar-refractivity contribution in [1.29, 1.82) is 0 Å². The van der Waals surface area contributed by atoms with E-state index in [2.05, 4.69) is 10.1 Å². The lowest BCUT2D eigenvalue weighted by atomic mass is 9.83. The summed E-state index contributed by atoms with van der Waals surface area (Å²) < 4.78 is 45.4. The van der Waals surface area contributed by atoms with Crippen molar-refractivity contribution in [3.63, 3.8) is 0 Å². The molecule has 1 aliphatic heterocycles. The highest BCUT2D eigenvalue weighted by atomic mass is 35.5. The minimum Gasteiger partial charge on any atom is -0.425 e. The summed E-state index contributed by atoms with van der Waals surface area (Å²) >= 11 is 5.74. The first-order valence-electron chi connectivity index (χ1n) is 5.79. The standard InChI is InChI=1S/C12H9ClF3NO3/c13-6-1-2-8-7(5-6)11(12(14,15)16,10(19)3-4-10)20-9(18)17-8/h1-2,5,19H,3-4H2,(H,17,18)/t11-/m1/s1. The van der Waals surface area contributed by atoms with E-state index < -0.39 is 23.5 Å². The molecule has 1 atom stereocenters. The minimum atomic E-state index is -4.96. The van der Waals surface area contributed by atoms with Gasteiger partial charge in [-0.1, -0.05) is 11.6 Å². The number of carbonyl (C=O) groups is 1. The van der Waals surface area contributed by atoms with Crippen molar-refractivity contribution in [1.82, 2.24) is 0 Å². The number of aliphatic hydroxyl groups is 1. The lowest BCUT2D eigenvalue weighted by molar-refractivity contribution is -0.302. The number of hydrogen-bond donors (Lipinski definition) is 2. The van der Waals surface area contributed by atoms with E-state index in [1.807, 2.05) is 0 Å². The Morgan fingerprint density at radius 3 is 2.55 bits per heavy atom. The predicted molar refractivity (Wildman–Crippen MR) is 63.5 cm³/mol. The van der Waals surface area contributed by atoms with Gasteiger partial charge in [-0.25, -0.2) is 4.79 Å². The van der Waals surface area contributed by atoms with Crippen LogP contribution in [0.4, 0.5) is 23.7 Å². The summed E-state index contributed by atoms with van der Waals surface area (Å²) in [5.41, 5.74) is -5.68. The summed E-state index contributed by atoms with van der Waals surface area (Å²) in [4.78, 5) is 11.5. The van der Waals surface area contributed by atoms with Crippen LogP contribution in [0.1, 0.15) is 18.4 Å². The van der Waals surface area contributed by atoms with Crippen molar-refractivity contribution in [2.75, 3.05) is 5.32 Å². The number of alkyl halides is 3. The molecular weight excluding hydrogens is 299 g/mol. The second-order valence-electron chi connectivity index (χ2n) is 4.91. The smallest absolute Gasteiger partial charge is 0.425 e. The normalized spacial score (nSPS) is 27.4. The maximum atomic E-state index is 13.6. The molecule has 1 amide bonds. The van der Waals surface area contributed by atoms with Crippen molar-refractivity contribution in [3.05, 3.63) is 28.8 Å². The van der Waals surface area contributed by atoms with Gasteiger partial charge in [0, 0.05) is 10.6 Å². The maximum absolute atomic E-state index is 13.6. The Hall–Kier alpha value is -1.47. The molecule has 1 aliphatic carbocycles. The number of cyclic esters (lactones) is 1. The summed E-state index contributed by atoms with van der Waals surface area (Å²) in [5.74, 6) is 0. The monoisotopic (exact) mass is 307 g/mol. The van der Waals surface area contributed by atoms with Crippen molar-refractivity contribution in [2.45, 2.75) is 30.2 Å². The third-order valence-electron chi connectivity index (χ3n) is 3.62. The third kappa shape index (κ3) is 1.63. The SMILES string of the molecule is O=C1Nc2ccc(Cl)cc2[C@](C(F)(F)F)(C2(O)CC2)O1. The molecule has 3 rings (SSSR count). The van der Waals surface area contributed by atoms with Crippen LogP contribution in [-0.2, 0) is 10.3 Å². The van der Waals surface area contributed by atoms with Crippen LogP contribution in [0.2, 0.25) is 5.02 Å². The zero-order chi connectivity index (χ0) is 14.8. The van der Waals surface area contributed by atoms with Gasteiger partial charge in [0.1, 0.15) is 5.60 Å². The summed E-state index contributed by atoms with van der Waals surface area (Å²) in [6.45, 7) is 0. The average molecular weight is 308 g/mol.